The molecule has 0 bridgehead atoms. The second kappa shape index (κ2) is 6.94. The Morgan fingerprint density at radius 1 is 1.46 bits per heavy atom. The van der Waals surface area contributed by atoms with E-state index >= 15 is 0 Å². The molecule has 2 N–H and O–H groups in total. The lowest BCUT2D eigenvalue weighted by Gasteiger charge is -2.19. The van der Waals surface area contributed by atoms with Crippen LogP contribution in [0.3, 0.4) is 0 Å². The Bertz CT molecular complexity index is 146. The van der Waals surface area contributed by atoms with Gasteiger partial charge in [-0.3, -0.25) is 4.84 Å². The minimum atomic E-state index is -0.657. The summed E-state index contributed by atoms with van der Waals surface area (Å²) in [5.74, 6) is 0. The fourth-order valence-electron chi connectivity index (χ4n) is 0.455. The number of carbonyl (C=O) groups is 1. The van der Waals surface area contributed by atoms with E-state index in [1.807, 2.05) is 5.48 Å². The SMILES string of the molecule is CC(C)(C)OC(=O)NOCCO.Cl. The molecule has 0 heterocycles. The maximum atomic E-state index is 10.8. The van der Waals surface area contributed by atoms with Crippen LogP contribution in [0.2, 0.25) is 0 Å². The van der Waals surface area contributed by atoms with E-state index in [1.54, 1.807) is 20.8 Å². The first-order valence-electron chi connectivity index (χ1n) is 3.67. The number of hydrogen-bond acceptors (Lipinski definition) is 4. The molecule has 0 fully saturated rings. The fourth-order valence-corrected chi connectivity index (χ4v) is 0.455. The lowest BCUT2D eigenvalue weighted by atomic mass is 10.2. The number of amides is 1. The summed E-state index contributed by atoms with van der Waals surface area (Å²) in [7, 11) is 0. The summed E-state index contributed by atoms with van der Waals surface area (Å²) in [4.78, 5) is 15.3. The zero-order valence-electron chi connectivity index (χ0n) is 7.99. The highest BCUT2D eigenvalue weighted by atomic mass is 35.5. The maximum Gasteiger partial charge on any atom is 0.431 e. The van der Waals surface area contributed by atoms with E-state index in [-0.39, 0.29) is 25.6 Å². The maximum absolute atomic E-state index is 10.8. The normalized spacial score (nSPS) is 10.2. The molecule has 0 aliphatic heterocycles. The molecule has 13 heavy (non-hydrogen) atoms. The van der Waals surface area contributed by atoms with Crippen LogP contribution in [0.25, 0.3) is 0 Å². The van der Waals surface area contributed by atoms with Gasteiger partial charge in [0.2, 0.25) is 0 Å². The fraction of sp³-hybridized carbons (Fsp3) is 0.857. The van der Waals surface area contributed by atoms with Crippen molar-refractivity contribution in [2.45, 2.75) is 26.4 Å². The highest BCUT2D eigenvalue weighted by Gasteiger charge is 2.15. The summed E-state index contributed by atoms with van der Waals surface area (Å²) >= 11 is 0. The Labute approximate surface area is 83.8 Å². The zero-order chi connectivity index (χ0) is 9.61. The summed E-state index contributed by atoms with van der Waals surface area (Å²) in [6.07, 6.45) is -0.657. The van der Waals surface area contributed by atoms with Gasteiger partial charge in [0.25, 0.3) is 0 Å². The lowest BCUT2D eigenvalue weighted by molar-refractivity contribution is -0.0163. The summed E-state index contributed by atoms with van der Waals surface area (Å²) in [6.45, 7) is 5.16. The predicted octanol–water partition coefficient (Wildman–Crippen LogP) is 0.857. The quantitative estimate of drug-likeness (QED) is 0.539. The Morgan fingerprint density at radius 3 is 2.38 bits per heavy atom. The molecule has 0 aromatic carbocycles. The van der Waals surface area contributed by atoms with Crippen LogP contribution < -0.4 is 5.48 Å². The van der Waals surface area contributed by atoms with Gasteiger partial charge >= 0.3 is 6.09 Å². The van der Waals surface area contributed by atoms with Crippen LogP contribution in [-0.4, -0.2) is 30.0 Å². The Morgan fingerprint density at radius 2 is 2.00 bits per heavy atom. The molecule has 1 amide bonds. The van der Waals surface area contributed by atoms with Crippen molar-refractivity contribution in [3.63, 3.8) is 0 Å². The lowest BCUT2D eigenvalue weighted by Crippen LogP contribution is -2.33. The number of aliphatic hydroxyl groups excluding tert-OH is 1. The standard InChI is InChI=1S/C7H15NO4.ClH/c1-7(2,3)12-6(10)8-11-5-4-9;/h9H,4-5H2,1-3H3,(H,8,10);1H. The molecule has 0 radical (unpaired) electrons. The first kappa shape index (κ1) is 15.0. The van der Waals surface area contributed by atoms with Gasteiger partial charge in [-0.1, -0.05) is 0 Å². The van der Waals surface area contributed by atoms with E-state index in [9.17, 15) is 4.79 Å². The van der Waals surface area contributed by atoms with Crippen molar-refractivity contribution in [2.75, 3.05) is 13.2 Å². The molecule has 5 nitrogen and oxygen atoms in total. The van der Waals surface area contributed by atoms with E-state index in [0.717, 1.165) is 0 Å². The van der Waals surface area contributed by atoms with Gasteiger partial charge < -0.3 is 9.84 Å². The molecule has 0 unspecified atom stereocenters. The number of nitrogens with one attached hydrogen (secondary N) is 1. The van der Waals surface area contributed by atoms with Gasteiger partial charge in [0.15, 0.2) is 0 Å². The number of hydroxylamine groups is 1. The van der Waals surface area contributed by atoms with Crippen molar-refractivity contribution in [2.24, 2.45) is 0 Å². The van der Waals surface area contributed by atoms with Crippen LogP contribution >= 0.6 is 12.4 Å². The number of ether oxygens (including phenoxy) is 1. The zero-order valence-corrected chi connectivity index (χ0v) is 8.81. The molecule has 80 valence electrons. The van der Waals surface area contributed by atoms with Crippen molar-refractivity contribution in [1.29, 1.82) is 0 Å². The monoisotopic (exact) mass is 213 g/mol. The summed E-state index contributed by atoms with van der Waals surface area (Å²) < 4.78 is 4.83. The molecule has 0 saturated heterocycles. The summed E-state index contributed by atoms with van der Waals surface area (Å²) in [5.41, 5.74) is 1.48. The second-order valence-electron chi connectivity index (χ2n) is 3.18. The average molecular weight is 214 g/mol. The van der Waals surface area contributed by atoms with Gasteiger partial charge in [-0.2, -0.15) is 5.48 Å². The van der Waals surface area contributed by atoms with E-state index in [0.29, 0.717) is 0 Å². The first-order valence-corrected chi connectivity index (χ1v) is 3.67. The molecule has 0 saturated carbocycles. The van der Waals surface area contributed by atoms with Gasteiger partial charge in [-0.25, -0.2) is 4.79 Å². The molecule has 0 spiro atoms. The summed E-state index contributed by atoms with van der Waals surface area (Å²) in [5, 5.41) is 8.29. The predicted molar refractivity (Wildman–Crippen MR) is 49.7 cm³/mol. The Balaban J connectivity index is 0. The van der Waals surface area contributed by atoms with Gasteiger partial charge in [0, 0.05) is 0 Å². The summed E-state index contributed by atoms with van der Waals surface area (Å²) in [6, 6.07) is 0. The van der Waals surface area contributed by atoms with Crippen LogP contribution in [0.4, 0.5) is 4.79 Å². The third-order valence-electron chi connectivity index (χ3n) is 0.748. The van der Waals surface area contributed by atoms with Crippen molar-refractivity contribution in [3.05, 3.63) is 0 Å². The van der Waals surface area contributed by atoms with Crippen LogP contribution in [0.15, 0.2) is 0 Å². The number of hydrogen-bond donors (Lipinski definition) is 2. The van der Waals surface area contributed by atoms with Crippen LogP contribution in [0, 0.1) is 0 Å². The third kappa shape index (κ3) is 11.5. The largest absolute Gasteiger partial charge is 0.442 e. The van der Waals surface area contributed by atoms with Gasteiger partial charge in [0.1, 0.15) is 5.60 Å². The minimum Gasteiger partial charge on any atom is -0.442 e. The van der Waals surface area contributed by atoms with E-state index < -0.39 is 11.7 Å². The van der Waals surface area contributed by atoms with Gasteiger partial charge in [-0.05, 0) is 20.8 Å². The van der Waals surface area contributed by atoms with Crippen molar-refractivity contribution >= 4 is 18.5 Å². The number of halogens is 1. The third-order valence-corrected chi connectivity index (χ3v) is 0.748. The smallest absolute Gasteiger partial charge is 0.431 e. The van der Waals surface area contributed by atoms with E-state index in [4.69, 9.17) is 9.84 Å². The second-order valence-corrected chi connectivity index (χ2v) is 3.18. The number of aliphatic hydroxyl groups is 1. The molecule has 0 aromatic rings. The number of rotatable bonds is 3. The molecular weight excluding hydrogens is 198 g/mol. The Hall–Kier alpha value is -0.520. The van der Waals surface area contributed by atoms with Gasteiger partial charge in [-0.15, -0.1) is 12.4 Å². The molecule has 0 aromatic heterocycles. The topological polar surface area (TPSA) is 67.8 Å². The highest BCUT2D eigenvalue weighted by Crippen LogP contribution is 2.05. The molecule has 0 atom stereocenters. The highest BCUT2D eigenvalue weighted by molar-refractivity contribution is 5.85. The van der Waals surface area contributed by atoms with Crippen LogP contribution in [-0.2, 0) is 9.57 Å². The van der Waals surface area contributed by atoms with Crippen molar-refractivity contribution in [1.82, 2.24) is 5.48 Å². The first-order chi connectivity index (χ1) is 5.45. The van der Waals surface area contributed by atoms with Gasteiger partial charge in [0.05, 0.1) is 13.2 Å². The van der Waals surface area contributed by atoms with Crippen molar-refractivity contribution < 1.29 is 19.5 Å². The number of carbonyl (C=O) groups excluding carboxylic acids is 1. The van der Waals surface area contributed by atoms with Crippen LogP contribution in [0.1, 0.15) is 20.8 Å². The minimum absolute atomic E-state index is 0. The average Bonchev–Trinajstić information content (AvgIpc) is 1.84. The van der Waals surface area contributed by atoms with Crippen molar-refractivity contribution in [3.8, 4) is 0 Å². The molecule has 0 aliphatic carbocycles. The Kier molecular flexibility index (Phi) is 7.99. The molecular formula is C7H16ClNO4. The van der Waals surface area contributed by atoms with Crippen LogP contribution in [0.5, 0.6) is 0 Å². The molecule has 0 aliphatic rings. The molecule has 6 heteroatoms. The molecule has 0 rings (SSSR count). The van der Waals surface area contributed by atoms with E-state index in [1.165, 1.54) is 0 Å². The van der Waals surface area contributed by atoms with E-state index in [2.05, 4.69) is 4.84 Å².